The van der Waals surface area contributed by atoms with Gasteiger partial charge < -0.3 is 10.6 Å². The summed E-state index contributed by atoms with van der Waals surface area (Å²) in [6.45, 7) is 5.79. The van der Waals surface area contributed by atoms with E-state index in [-0.39, 0.29) is 5.91 Å². The Morgan fingerprint density at radius 2 is 2.00 bits per heavy atom. The molecule has 2 rings (SSSR count). The van der Waals surface area contributed by atoms with Crippen LogP contribution in [0, 0.1) is 19.3 Å². The van der Waals surface area contributed by atoms with Gasteiger partial charge in [0.1, 0.15) is 0 Å². The smallest absolute Gasteiger partial charge is 0.251 e. The van der Waals surface area contributed by atoms with Crippen LogP contribution >= 0.6 is 0 Å². The lowest BCUT2D eigenvalue weighted by Crippen LogP contribution is -2.35. The number of carbonyl (C=O) groups is 1. The minimum absolute atomic E-state index is 0.0508. The van der Waals surface area contributed by atoms with E-state index >= 15 is 0 Å². The third-order valence-electron chi connectivity index (χ3n) is 3.76. The minimum atomic E-state index is 0.0508. The fourth-order valence-electron chi connectivity index (χ4n) is 2.40. The zero-order valence-corrected chi connectivity index (χ0v) is 11.5. The van der Waals surface area contributed by atoms with Crippen molar-refractivity contribution in [1.82, 2.24) is 10.6 Å². The lowest BCUT2D eigenvalue weighted by atomic mass is 10.0. The number of rotatable bonds is 5. The fraction of sp³-hybridized carbons (Fsp3) is 0.533. The number of benzene rings is 1. The predicted octanol–water partition coefficient (Wildman–Crippen LogP) is 2.03. The highest BCUT2D eigenvalue weighted by Gasteiger charge is 2.41. The first kappa shape index (κ1) is 13.1. The molecule has 1 aromatic rings. The second kappa shape index (κ2) is 5.11. The number of nitrogens with one attached hydrogen (secondary N) is 2. The molecule has 0 aromatic heterocycles. The molecule has 3 nitrogen and oxygen atoms in total. The van der Waals surface area contributed by atoms with Gasteiger partial charge in [0.05, 0.1) is 0 Å². The number of hydrogen-bond acceptors (Lipinski definition) is 2. The van der Waals surface area contributed by atoms with E-state index in [1.54, 1.807) is 0 Å². The third-order valence-corrected chi connectivity index (χ3v) is 3.76. The Morgan fingerprint density at radius 3 is 2.56 bits per heavy atom. The summed E-state index contributed by atoms with van der Waals surface area (Å²) in [6.07, 6.45) is 2.42. The molecule has 0 saturated heterocycles. The molecular formula is C15H22N2O. The maximum atomic E-state index is 12.1. The van der Waals surface area contributed by atoms with Gasteiger partial charge in [0.15, 0.2) is 0 Å². The van der Waals surface area contributed by atoms with Crippen molar-refractivity contribution < 1.29 is 4.79 Å². The van der Waals surface area contributed by atoms with E-state index in [1.807, 2.05) is 33.0 Å². The average molecular weight is 246 g/mol. The Labute approximate surface area is 109 Å². The van der Waals surface area contributed by atoms with Crippen LogP contribution in [0.1, 0.15) is 34.3 Å². The summed E-state index contributed by atoms with van der Waals surface area (Å²) in [5.74, 6) is 0.0508. The SMILES string of the molecule is CNCC1(CNC(=O)c2ccc(C)cc2C)CC1. The Morgan fingerprint density at radius 1 is 1.28 bits per heavy atom. The Balaban J connectivity index is 1.96. The molecule has 1 aromatic carbocycles. The maximum Gasteiger partial charge on any atom is 0.251 e. The van der Waals surface area contributed by atoms with E-state index in [2.05, 4.69) is 16.7 Å². The van der Waals surface area contributed by atoms with Gasteiger partial charge in [-0.25, -0.2) is 0 Å². The largest absolute Gasteiger partial charge is 0.351 e. The maximum absolute atomic E-state index is 12.1. The molecule has 0 aliphatic heterocycles. The quantitative estimate of drug-likeness (QED) is 0.834. The van der Waals surface area contributed by atoms with Crippen LogP contribution < -0.4 is 10.6 Å². The highest BCUT2D eigenvalue weighted by molar-refractivity contribution is 5.95. The molecule has 18 heavy (non-hydrogen) atoms. The van der Waals surface area contributed by atoms with Crippen LogP contribution in [0.15, 0.2) is 18.2 Å². The van der Waals surface area contributed by atoms with Crippen molar-refractivity contribution in [2.75, 3.05) is 20.1 Å². The first-order chi connectivity index (χ1) is 8.56. The van der Waals surface area contributed by atoms with E-state index in [1.165, 1.54) is 18.4 Å². The van der Waals surface area contributed by atoms with Crippen molar-refractivity contribution in [3.8, 4) is 0 Å². The van der Waals surface area contributed by atoms with Crippen LogP contribution in [0.25, 0.3) is 0 Å². The van der Waals surface area contributed by atoms with Gasteiger partial charge in [-0.05, 0) is 45.4 Å². The van der Waals surface area contributed by atoms with E-state index in [0.29, 0.717) is 5.41 Å². The molecule has 0 radical (unpaired) electrons. The van der Waals surface area contributed by atoms with Gasteiger partial charge in [0.2, 0.25) is 0 Å². The van der Waals surface area contributed by atoms with Crippen molar-refractivity contribution >= 4 is 5.91 Å². The van der Waals surface area contributed by atoms with Crippen molar-refractivity contribution in [2.24, 2.45) is 5.41 Å². The molecule has 98 valence electrons. The van der Waals surface area contributed by atoms with E-state index in [9.17, 15) is 4.79 Å². The summed E-state index contributed by atoms with van der Waals surface area (Å²) in [7, 11) is 1.96. The normalized spacial score (nSPS) is 16.4. The highest BCUT2D eigenvalue weighted by Crippen LogP contribution is 2.44. The monoisotopic (exact) mass is 246 g/mol. The van der Waals surface area contributed by atoms with Crippen LogP contribution in [-0.2, 0) is 0 Å². The molecule has 0 spiro atoms. The van der Waals surface area contributed by atoms with Crippen LogP contribution in [0.5, 0.6) is 0 Å². The lowest BCUT2D eigenvalue weighted by molar-refractivity contribution is 0.0944. The zero-order chi connectivity index (χ0) is 13.2. The zero-order valence-electron chi connectivity index (χ0n) is 11.5. The number of aryl methyl sites for hydroxylation is 2. The van der Waals surface area contributed by atoms with Gasteiger partial charge in [-0.1, -0.05) is 17.7 Å². The summed E-state index contributed by atoms with van der Waals surface area (Å²) in [5, 5.41) is 6.27. The minimum Gasteiger partial charge on any atom is -0.351 e. The first-order valence-electron chi connectivity index (χ1n) is 6.56. The van der Waals surface area contributed by atoms with E-state index < -0.39 is 0 Å². The Bertz CT molecular complexity index is 450. The van der Waals surface area contributed by atoms with Crippen molar-refractivity contribution in [3.05, 3.63) is 34.9 Å². The second-order valence-electron chi connectivity index (χ2n) is 5.53. The van der Waals surface area contributed by atoms with Crippen molar-refractivity contribution in [2.45, 2.75) is 26.7 Å². The van der Waals surface area contributed by atoms with Gasteiger partial charge >= 0.3 is 0 Å². The molecule has 0 bridgehead atoms. The molecule has 0 unspecified atom stereocenters. The summed E-state index contributed by atoms with van der Waals surface area (Å²) in [5.41, 5.74) is 3.34. The summed E-state index contributed by atoms with van der Waals surface area (Å²) >= 11 is 0. The standard InChI is InChI=1S/C15H22N2O/c1-11-4-5-13(12(2)8-11)14(18)17-10-15(6-7-15)9-16-3/h4-5,8,16H,6-7,9-10H2,1-3H3,(H,17,18). The number of hydrogen-bond donors (Lipinski definition) is 2. The Kier molecular flexibility index (Phi) is 3.71. The number of amides is 1. The fourth-order valence-corrected chi connectivity index (χ4v) is 2.40. The van der Waals surface area contributed by atoms with Crippen LogP contribution in [0.4, 0.5) is 0 Å². The van der Waals surface area contributed by atoms with E-state index in [4.69, 9.17) is 0 Å². The lowest BCUT2D eigenvalue weighted by Gasteiger charge is -2.16. The van der Waals surface area contributed by atoms with Crippen LogP contribution in [0.3, 0.4) is 0 Å². The first-order valence-corrected chi connectivity index (χ1v) is 6.56. The van der Waals surface area contributed by atoms with Gasteiger partial charge in [-0.3, -0.25) is 4.79 Å². The number of carbonyl (C=O) groups excluding carboxylic acids is 1. The molecule has 1 fully saturated rings. The molecular weight excluding hydrogens is 224 g/mol. The van der Waals surface area contributed by atoms with Gasteiger partial charge in [0, 0.05) is 24.1 Å². The van der Waals surface area contributed by atoms with Crippen molar-refractivity contribution in [3.63, 3.8) is 0 Å². The summed E-state index contributed by atoms with van der Waals surface area (Å²) < 4.78 is 0. The topological polar surface area (TPSA) is 41.1 Å². The molecule has 1 aliphatic rings. The molecule has 2 N–H and O–H groups in total. The van der Waals surface area contributed by atoms with Gasteiger partial charge in [-0.2, -0.15) is 0 Å². The third kappa shape index (κ3) is 2.91. The van der Waals surface area contributed by atoms with E-state index in [0.717, 1.165) is 24.2 Å². The van der Waals surface area contributed by atoms with Gasteiger partial charge in [-0.15, -0.1) is 0 Å². The average Bonchev–Trinajstić information content (AvgIpc) is 3.07. The highest BCUT2D eigenvalue weighted by atomic mass is 16.1. The molecule has 1 amide bonds. The second-order valence-corrected chi connectivity index (χ2v) is 5.53. The van der Waals surface area contributed by atoms with Crippen LogP contribution in [-0.4, -0.2) is 26.0 Å². The predicted molar refractivity (Wildman–Crippen MR) is 73.8 cm³/mol. The summed E-state index contributed by atoms with van der Waals surface area (Å²) in [4.78, 5) is 12.1. The molecule has 3 heteroatoms. The van der Waals surface area contributed by atoms with Gasteiger partial charge in [0.25, 0.3) is 5.91 Å². The summed E-state index contributed by atoms with van der Waals surface area (Å²) in [6, 6.07) is 5.95. The van der Waals surface area contributed by atoms with Crippen molar-refractivity contribution in [1.29, 1.82) is 0 Å². The van der Waals surface area contributed by atoms with Crippen LogP contribution in [0.2, 0.25) is 0 Å². The molecule has 1 aliphatic carbocycles. The molecule has 0 heterocycles. The molecule has 1 saturated carbocycles. The molecule has 0 atom stereocenters. The Hall–Kier alpha value is -1.35.